The van der Waals surface area contributed by atoms with Gasteiger partial charge in [-0.2, -0.15) is 5.10 Å². The molecule has 2 rings (SSSR count). The lowest BCUT2D eigenvalue weighted by Crippen LogP contribution is -2.25. The van der Waals surface area contributed by atoms with Gasteiger partial charge in [0.05, 0.1) is 11.9 Å². The molecule has 3 N–H and O–H groups in total. The second-order valence-electron chi connectivity index (χ2n) is 4.61. The average Bonchev–Trinajstić information content (AvgIpc) is 2.73. The molecule has 0 aromatic carbocycles. The molecule has 0 bridgehead atoms. The Morgan fingerprint density at radius 3 is 2.76 bits per heavy atom. The summed E-state index contributed by atoms with van der Waals surface area (Å²) in [5.74, 6) is -1.61. The molecule has 8 heteroatoms. The van der Waals surface area contributed by atoms with E-state index < -0.39 is 17.4 Å². The third-order valence-corrected chi connectivity index (χ3v) is 2.78. The molecule has 0 fully saturated rings. The van der Waals surface area contributed by atoms with Crippen LogP contribution in [0.4, 0.5) is 5.69 Å². The summed E-state index contributed by atoms with van der Waals surface area (Å²) in [7, 11) is 0. The number of carbonyl (C=O) groups is 2. The molecule has 2 aromatic heterocycles. The fourth-order valence-corrected chi connectivity index (χ4v) is 1.98. The van der Waals surface area contributed by atoms with E-state index >= 15 is 0 Å². The van der Waals surface area contributed by atoms with Crippen molar-refractivity contribution in [3.8, 4) is 0 Å². The molecule has 0 aliphatic rings. The van der Waals surface area contributed by atoms with E-state index in [1.165, 1.54) is 17.1 Å². The van der Waals surface area contributed by atoms with E-state index in [9.17, 15) is 14.4 Å². The minimum Gasteiger partial charge on any atom is -0.480 e. The van der Waals surface area contributed by atoms with Gasteiger partial charge in [-0.3, -0.25) is 19.1 Å². The maximum atomic E-state index is 12.1. The number of amides is 1. The Morgan fingerprint density at radius 2 is 2.14 bits per heavy atom. The highest BCUT2D eigenvalue weighted by Gasteiger charge is 2.15. The van der Waals surface area contributed by atoms with E-state index in [0.29, 0.717) is 16.9 Å². The molecule has 0 aliphatic heterocycles. The van der Waals surface area contributed by atoms with Gasteiger partial charge in [0.2, 0.25) is 0 Å². The molecule has 8 nitrogen and oxygen atoms in total. The van der Waals surface area contributed by atoms with Gasteiger partial charge in [-0.25, -0.2) is 0 Å². The largest absolute Gasteiger partial charge is 0.480 e. The van der Waals surface area contributed by atoms with Gasteiger partial charge in [0.25, 0.3) is 11.5 Å². The van der Waals surface area contributed by atoms with Crippen LogP contribution in [0.15, 0.2) is 23.3 Å². The highest BCUT2D eigenvalue weighted by molar-refractivity contribution is 6.04. The zero-order chi connectivity index (χ0) is 15.6. The number of aromatic nitrogens is 3. The molecule has 21 heavy (non-hydrogen) atoms. The van der Waals surface area contributed by atoms with Crippen LogP contribution in [0, 0.1) is 13.8 Å². The smallest absolute Gasteiger partial charge is 0.325 e. The number of carboxylic acids is 1. The van der Waals surface area contributed by atoms with Crippen LogP contribution in [-0.4, -0.2) is 31.7 Å². The topological polar surface area (TPSA) is 117 Å². The Kier molecular flexibility index (Phi) is 3.88. The molecule has 0 unspecified atom stereocenters. The van der Waals surface area contributed by atoms with Crippen LogP contribution in [0.3, 0.4) is 0 Å². The van der Waals surface area contributed by atoms with Crippen LogP contribution >= 0.6 is 0 Å². The Labute approximate surface area is 119 Å². The standard InChI is InChI=1S/C13H14N4O4/c1-7-3-8(2)15-12(20)11(7)13(21)16-9-4-14-17(5-9)6-10(18)19/h3-5H,6H2,1-2H3,(H,15,20)(H,16,21)(H,18,19). The van der Waals surface area contributed by atoms with Crippen LogP contribution in [0.5, 0.6) is 0 Å². The quantitative estimate of drug-likeness (QED) is 0.759. The normalized spacial score (nSPS) is 10.4. The first-order valence-electron chi connectivity index (χ1n) is 6.13. The van der Waals surface area contributed by atoms with Gasteiger partial charge in [-0.1, -0.05) is 0 Å². The predicted octanol–water partition coefficient (Wildman–Crippen LogP) is 0.525. The Balaban J connectivity index is 2.21. The number of carbonyl (C=O) groups excluding carboxylic acids is 1. The van der Waals surface area contributed by atoms with Gasteiger partial charge in [-0.15, -0.1) is 0 Å². The Hall–Kier alpha value is -2.90. The van der Waals surface area contributed by atoms with Gasteiger partial charge < -0.3 is 15.4 Å². The lowest BCUT2D eigenvalue weighted by Gasteiger charge is -2.05. The number of hydrogen-bond donors (Lipinski definition) is 3. The monoisotopic (exact) mass is 290 g/mol. The van der Waals surface area contributed by atoms with Gasteiger partial charge in [-0.05, 0) is 25.5 Å². The summed E-state index contributed by atoms with van der Waals surface area (Å²) in [6.07, 6.45) is 2.70. The second kappa shape index (κ2) is 5.61. The van der Waals surface area contributed by atoms with E-state index in [-0.39, 0.29) is 12.1 Å². The molecule has 0 spiro atoms. The molecular formula is C13H14N4O4. The lowest BCUT2D eigenvalue weighted by molar-refractivity contribution is -0.137. The number of hydrogen-bond acceptors (Lipinski definition) is 4. The SMILES string of the molecule is Cc1cc(C)c(C(=O)Nc2cnn(CC(=O)O)c2)c(=O)[nH]1. The van der Waals surface area contributed by atoms with Gasteiger partial charge >= 0.3 is 5.97 Å². The number of nitrogens with zero attached hydrogens (tertiary/aromatic N) is 2. The molecule has 1 amide bonds. The molecule has 0 saturated carbocycles. The molecule has 2 aromatic rings. The third-order valence-electron chi connectivity index (χ3n) is 2.78. The van der Waals surface area contributed by atoms with E-state index in [4.69, 9.17) is 5.11 Å². The fraction of sp³-hybridized carbons (Fsp3) is 0.231. The van der Waals surface area contributed by atoms with Crippen molar-refractivity contribution in [1.82, 2.24) is 14.8 Å². The number of rotatable bonds is 4. The summed E-state index contributed by atoms with van der Waals surface area (Å²) in [6.45, 7) is 3.09. The number of carboxylic acid groups (broad SMARTS) is 1. The van der Waals surface area contributed by atoms with Crippen LogP contribution in [0.1, 0.15) is 21.6 Å². The van der Waals surface area contributed by atoms with Crippen molar-refractivity contribution in [1.29, 1.82) is 0 Å². The van der Waals surface area contributed by atoms with Crippen molar-refractivity contribution in [2.45, 2.75) is 20.4 Å². The average molecular weight is 290 g/mol. The molecule has 110 valence electrons. The summed E-state index contributed by atoms with van der Waals surface area (Å²) in [5, 5.41) is 15.0. The van der Waals surface area contributed by atoms with Crippen LogP contribution in [-0.2, 0) is 11.3 Å². The summed E-state index contributed by atoms with van der Waals surface area (Å²) in [4.78, 5) is 37.1. The Morgan fingerprint density at radius 1 is 1.43 bits per heavy atom. The number of anilines is 1. The van der Waals surface area contributed by atoms with Crippen LogP contribution in [0.25, 0.3) is 0 Å². The number of nitrogens with one attached hydrogen (secondary N) is 2. The number of pyridine rings is 1. The van der Waals surface area contributed by atoms with E-state index in [0.717, 1.165) is 0 Å². The maximum Gasteiger partial charge on any atom is 0.325 e. The highest BCUT2D eigenvalue weighted by atomic mass is 16.4. The molecular weight excluding hydrogens is 276 g/mol. The van der Waals surface area contributed by atoms with Gasteiger partial charge in [0, 0.05) is 11.9 Å². The molecule has 0 radical (unpaired) electrons. The summed E-state index contributed by atoms with van der Waals surface area (Å²) in [6, 6.07) is 1.70. The van der Waals surface area contributed by atoms with Gasteiger partial charge in [0.15, 0.2) is 0 Å². The molecule has 2 heterocycles. The predicted molar refractivity (Wildman–Crippen MR) is 74.4 cm³/mol. The fourth-order valence-electron chi connectivity index (χ4n) is 1.98. The van der Waals surface area contributed by atoms with Crippen molar-refractivity contribution in [2.75, 3.05) is 5.32 Å². The minimum absolute atomic E-state index is 0.0200. The zero-order valence-electron chi connectivity index (χ0n) is 11.5. The first kappa shape index (κ1) is 14.5. The van der Waals surface area contributed by atoms with Crippen molar-refractivity contribution in [3.63, 3.8) is 0 Å². The third kappa shape index (κ3) is 3.35. The summed E-state index contributed by atoms with van der Waals surface area (Å²) >= 11 is 0. The zero-order valence-corrected chi connectivity index (χ0v) is 11.5. The second-order valence-corrected chi connectivity index (χ2v) is 4.61. The van der Waals surface area contributed by atoms with Crippen molar-refractivity contribution < 1.29 is 14.7 Å². The maximum absolute atomic E-state index is 12.1. The van der Waals surface area contributed by atoms with Crippen molar-refractivity contribution in [2.24, 2.45) is 0 Å². The summed E-state index contributed by atoms with van der Waals surface area (Å²) < 4.78 is 1.17. The number of H-pyrrole nitrogens is 1. The number of aromatic amines is 1. The minimum atomic E-state index is -1.04. The Bertz CT molecular complexity index is 760. The molecule has 0 saturated heterocycles. The van der Waals surface area contributed by atoms with Crippen molar-refractivity contribution in [3.05, 3.63) is 45.6 Å². The van der Waals surface area contributed by atoms with Crippen molar-refractivity contribution >= 4 is 17.6 Å². The molecule has 0 aliphatic carbocycles. The molecule has 0 atom stereocenters. The van der Waals surface area contributed by atoms with E-state index in [1.54, 1.807) is 19.9 Å². The lowest BCUT2D eigenvalue weighted by atomic mass is 10.1. The van der Waals surface area contributed by atoms with Crippen LogP contribution in [0.2, 0.25) is 0 Å². The van der Waals surface area contributed by atoms with Gasteiger partial charge in [0.1, 0.15) is 12.1 Å². The first-order chi connectivity index (χ1) is 9.86. The number of aryl methyl sites for hydroxylation is 2. The van der Waals surface area contributed by atoms with Crippen LogP contribution < -0.4 is 10.9 Å². The van der Waals surface area contributed by atoms with E-state index in [1.807, 2.05) is 0 Å². The highest BCUT2D eigenvalue weighted by Crippen LogP contribution is 2.09. The van der Waals surface area contributed by atoms with E-state index in [2.05, 4.69) is 15.4 Å². The summed E-state index contributed by atoms with van der Waals surface area (Å²) in [5.41, 5.74) is 1.10. The number of aliphatic carboxylic acids is 1. The first-order valence-corrected chi connectivity index (χ1v) is 6.13.